The normalized spacial score (nSPS) is 14.5. The lowest BCUT2D eigenvalue weighted by molar-refractivity contribution is -0.141. The van der Waals surface area contributed by atoms with E-state index in [0.29, 0.717) is 6.54 Å². The number of methoxy groups -OCH3 is 1. The number of fused-ring (bicyclic) bond motifs is 3. The van der Waals surface area contributed by atoms with Crippen molar-refractivity contribution in [2.24, 2.45) is 0 Å². The summed E-state index contributed by atoms with van der Waals surface area (Å²) in [6.45, 7) is 0.316. The van der Waals surface area contributed by atoms with Gasteiger partial charge in [-0.1, -0.05) is 18.2 Å². The quantitative estimate of drug-likeness (QED) is 0.779. The molecule has 0 saturated heterocycles. The van der Waals surface area contributed by atoms with Crippen LogP contribution in [0.1, 0.15) is 11.3 Å². The van der Waals surface area contributed by atoms with Crippen molar-refractivity contribution in [1.29, 1.82) is 0 Å². The highest BCUT2D eigenvalue weighted by Crippen LogP contribution is 2.33. The largest absolute Gasteiger partial charge is 0.468 e. The van der Waals surface area contributed by atoms with Crippen LogP contribution in [0.5, 0.6) is 0 Å². The number of aromatic nitrogens is 1. The average Bonchev–Trinajstić information content (AvgIpc) is 2.74. The van der Waals surface area contributed by atoms with Crippen LogP contribution < -0.4 is 0 Å². The molecule has 1 aliphatic heterocycles. The number of esters is 1. The summed E-state index contributed by atoms with van der Waals surface area (Å²) in [7, 11) is 1.44. The third-order valence-corrected chi connectivity index (χ3v) is 4.42. The zero-order chi connectivity index (χ0) is 12.5. The Labute approximate surface area is 110 Å². The highest BCUT2D eigenvalue weighted by molar-refractivity contribution is 7.98. The van der Waals surface area contributed by atoms with Gasteiger partial charge in [-0.25, -0.2) is 0 Å². The molecular weight excluding hydrogens is 246 g/mol. The maximum Gasteiger partial charge on any atom is 0.325 e. The molecule has 0 unspecified atom stereocenters. The lowest BCUT2D eigenvalue weighted by atomic mass is 10.1. The first-order valence-electron chi connectivity index (χ1n) is 6.05. The third-order valence-electron chi connectivity index (χ3n) is 3.44. The van der Waals surface area contributed by atoms with Crippen LogP contribution in [0.3, 0.4) is 0 Å². The summed E-state index contributed by atoms with van der Waals surface area (Å²) in [6.07, 6.45) is 1.03. The number of benzene rings is 1. The van der Waals surface area contributed by atoms with E-state index in [9.17, 15) is 4.79 Å². The van der Waals surface area contributed by atoms with Gasteiger partial charge in [-0.15, -0.1) is 0 Å². The second kappa shape index (κ2) is 4.69. The number of para-hydroxylation sites is 1. The molecule has 2 aromatic rings. The number of hydrogen-bond acceptors (Lipinski definition) is 3. The molecule has 0 saturated carbocycles. The molecular formula is C14H15NO2S. The van der Waals surface area contributed by atoms with Gasteiger partial charge >= 0.3 is 5.97 Å². The van der Waals surface area contributed by atoms with Crippen LogP contribution in [0, 0.1) is 0 Å². The number of carbonyl (C=O) groups excluding carboxylic acids is 1. The molecule has 1 aliphatic rings. The molecule has 2 heterocycles. The summed E-state index contributed by atoms with van der Waals surface area (Å²) in [5, 5.41) is 1.28. The Morgan fingerprint density at radius 3 is 3.11 bits per heavy atom. The smallest absolute Gasteiger partial charge is 0.325 e. The Hall–Kier alpha value is -1.42. The number of nitrogens with zero attached hydrogens (tertiary/aromatic N) is 1. The van der Waals surface area contributed by atoms with Crippen molar-refractivity contribution in [3.63, 3.8) is 0 Å². The monoisotopic (exact) mass is 261 g/mol. The van der Waals surface area contributed by atoms with Gasteiger partial charge in [0.1, 0.15) is 6.54 Å². The van der Waals surface area contributed by atoms with E-state index >= 15 is 0 Å². The van der Waals surface area contributed by atoms with Crippen molar-refractivity contribution in [2.75, 3.05) is 12.9 Å². The molecule has 0 amide bonds. The fourth-order valence-corrected chi connectivity index (χ4v) is 3.60. The maximum atomic E-state index is 11.6. The van der Waals surface area contributed by atoms with Gasteiger partial charge in [-0.05, 0) is 23.8 Å². The van der Waals surface area contributed by atoms with Gasteiger partial charge < -0.3 is 9.30 Å². The van der Waals surface area contributed by atoms with E-state index in [2.05, 4.69) is 22.8 Å². The van der Waals surface area contributed by atoms with Crippen molar-refractivity contribution in [1.82, 2.24) is 4.57 Å². The minimum atomic E-state index is -0.184. The molecule has 0 fully saturated rings. The summed E-state index contributed by atoms with van der Waals surface area (Å²) in [6, 6.07) is 8.31. The van der Waals surface area contributed by atoms with Gasteiger partial charge in [-0.2, -0.15) is 11.8 Å². The summed E-state index contributed by atoms with van der Waals surface area (Å²) < 4.78 is 6.92. The number of ether oxygens (including phenoxy) is 1. The van der Waals surface area contributed by atoms with E-state index in [4.69, 9.17) is 4.74 Å². The molecule has 94 valence electrons. The molecule has 0 atom stereocenters. The number of thioether (sulfide) groups is 1. The fourth-order valence-electron chi connectivity index (χ4n) is 2.59. The first-order chi connectivity index (χ1) is 8.81. The molecule has 0 radical (unpaired) electrons. The highest BCUT2D eigenvalue weighted by atomic mass is 32.2. The van der Waals surface area contributed by atoms with Gasteiger partial charge in [-0.3, -0.25) is 4.79 Å². The average molecular weight is 261 g/mol. The van der Waals surface area contributed by atoms with E-state index in [-0.39, 0.29) is 5.97 Å². The predicted octanol–water partition coefficient (Wildman–Crippen LogP) is 2.60. The van der Waals surface area contributed by atoms with E-state index in [1.807, 2.05) is 17.8 Å². The van der Waals surface area contributed by atoms with Gasteiger partial charge in [0, 0.05) is 22.3 Å². The number of carbonyl (C=O) groups is 1. The van der Waals surface area contributed by atoms with Crippen molar-refractivity contribution >= 4 is 28.6 Å². The molecule has 3 nitrogen and oxygen atoms in total. The minimum Gasteiger partial charge on any atom is -0.468 e. The van der Waals surface area contributed by atoms with Crippen LogP contribution in [0.2, 0.25) is 0 Å². The second-order valence-corrected chi connectivity index (χ2v) is 5.51. The van der Waals surface area contributed by atoms with Crippen LogP contribution in [-0.2, 0) is 28.2 Å². The van der Waals surface area contributed by atoms with Crippen LogP contribution in [-0.4, -0.2) is 23.4 Å². The highest BCUT2D eigenvalue weighted by Gasteiger charge is 2.21. The van der Waals surface area contributed by atoms with Crippen LogP contribution in [0.15, 0.2) is 24.3 Å². The molecule has 4 heteroatoms. The van der Waals surface area contributed by atoms with Gasteiger partial charge in [0.2, 0.25) is 0 Å². The minimum absolute atomic E-state index is 0.184. The van der Waals surface area contributed by atoms with Gasteiger partial charge in [0.15, 0.2) is 0 Å². The standard InChI is InChI=1S/C14H15NO2S/c1-17-14(16)8-15-12-5-3-2-4-10(12)11-9-18-7-6-13(11)15/h2-5H,6-9H2,1H3. The molecule has 1 aromatic heterocycles. The molecule has 0 bridgehead atoms. The molecule has 1 aromatic carbocycles. The van der Waals surface area contributed by atoms with E-state index < -0.39 is 0 Å². The van der Waals surface area contributed by atoms with Gasteiger partial charge in [0.25, 0.3) is 0 Å². The van der Waals surface area contributed by atoms with E-state index in [0.717, 1.165) is 23.4 Å². The van der Waals surface area contributed by atoms with E-state index in [1.165, 1.54) is 23.8 Å². The molecule has 0 aliphatic carbocycles. The fraction of sp³-hybridized carbons (Fsp3) is 0.357. The van der Waals surface area contributed by atoms with E-state index in [1.54, 1.807) is 0 Å². The molecule has 0 N–H and O–H groups in total. The number of rotatable bonds is 2. The lowest BCUT2D eigenvalue weighted by Gasteiger charge is -2.15. The topological polar surface area (TPSA) is 31.2 Å². The summed E-state index contributed by atoms with van der Waals surface area (Å²) in [4.78, 5) is 11.6. The van der Waals surface area contributed by atoms with Crippen molar-refractivity contribution in [2.45, 2.75) is 18.7 Å². The summed E-state index contributed by atoms with van der Waals surface area (Å²) in [5.41, 5.74) is 3.85. The molecule has 3 rings (SSSR count). The third kappa shape index (κ3) is 1.81. The Kier molecular flexibility index (Phi) is 3.04. The van der Waals surface area contributed by atoms with Crippen LogP contribution in [0.4, 0.5) is 0 Å². The second-order valence-electron chi connectivity index (χ2n) is 4.41. The van der Waals surface area contributed by atoms with Crippen molar-refractivity contribution in [3.8, 4) is 0 Å². The van der Waals surface area contributed by atoms with Crippen molar-refractivity contribution < 1.29 is 9.53 Å². The lowest BCUT2D eigenvalue weighted by Crippen LogP contribution is -2.15. The Morgan fingerprint density at radius 1 is 1.44 bits per heavy atom. The summed E-state index contributed by atoms with van der Waals surface area (Å²) >= 11 is 1.96. The zero-order valence-corrected chi connectivity index (χ0v) is 11.1. The Morgan fingerprint density at radius 2 is 2.28 bits per heavy atom. The summed E-state index contributed by atoms with van der Waals surface area (Å²) in [5.74, 6) is 1.99. The SMILES string of the molecule is COC(=O)Cn1c2c(c3ccccc31)CSCC2. The predicted molar refractivity (Wildman–Crippen MR) is 73.8 cm³/mol. The van der Waals surface area contributed by atoms with Crippen molar-refractivity contribution in [3.05, 3.63) is 35.5 Å². The Bertz CT molecular complexity index is 603. The first kappa shape index (κ1) is 11.7. The van der Waals surface area contributed by atoms with Crippen LogP contribution >= 0.6 is 11.8 Å². The van der Waals surface area contributed by atoms with Crippen LogP contribution in [0.25, 0.3) is 10.9 Å². The maximum absolute atomic E-state index is 11.6. The zero-order valence-electron chi connectivity index (χ0n) is 10.3. The van der Waals surface area contributed by atoms with Gasteiger partial charge in [0.05, 0.1) is 7.11 Å². The first-order valence-corrected chi connectivity index (χ1v) is 7.20. The number of hydrogen-bond donors (Lipinski definition) is 0. The Balaban J connectivity index is 2.19. The molecule has 18 heavy (non-hydrogen) atoms. The molecule has 0 spiro atoms.